The van der Waals surface area contributed by atoms with Crippen LogP contribution in [0, 0.1) is 5.92 Å². The summed E-state index contributed by atoms with van der Waals surface area (Å²) in [6.07, 6.45) is 3.20. The van der Waals surface area contributed by atoms with Crippen LogP contribution in [0.2, 0.25) is 5.02 Å². The SMILES string of the molecule is COc1cc(N)c(Cl)cc1CC(=O)CCCN1CCC(C(N)=O)CC1.Cl. The monoisotopic (exact) mass is 403 g/mol. The fourth-order valence-corrected chi connectivity index (χ4v) is 3.37. The number of hydrogen-bond donors (Lipinski definition) is 2. The second kappa shape index (κ2) is 10.6. The van der Waals surface area contributed by atoms with Gasteiger partial charge >= 0.3 is 0 Å². The highest BCUT2D eigenvalue weighted by molar-refractivity contribution is 6.33. The van der Waals surface area contributed by atoms with Crippen molar-refractivity contribution >= 4 is 41.4 Å². The lowest BCUT2D eigenvalue weighted by Crippen LogP contribution is -2.39. The van der Waals surface area contributed by atoms with Gasteiger partial charge in [-0.05, 0) is 45.0 Å². The van der Waals surface area contributed by atoms with Gasteiger partial charge in [0.25, 0.3) is 0 Å². The van der Waals surface area contributed by atoms with Crippen LogP contribution in [-0.4, -0.2) is 43.3 Å². The lowest BCUT2D eigenvalue weighted by atomic mass is 9.96. The predicted molar refractivity (Wildman–Crippen MR) is 106 cm³/mol. The van der Waals surface area contributed by atoms with Crippen molar-refractivity contribution in [3.05, 3.63) is 22.7 Å². The Labute approximate surface area is 165 Å². The number of hydrogen-bond acceptors (Lipinski definition) is 5. The number of carbonyl (C=O) groups is 2. The summed E-state index contributed by atoms with van der Waals surface area (Å²) in [4.78, 5) is 25.7. The number of carbonyl (C=O) groups excluding carboxylic acids is 2. The number of Topliss-reactive ketones (excluding diaryl/α,β-unsaturated/α-hetero) is 1. The molecule has 0 atom stereocenters. The molecule has 0 aromatic heterocycles. The number of halogens is 2. The van der Waals surface area contributed by atoms with Crippen LogP contribution in [0.15, 0.2) is 12.1 Å². The van der Waals surface area contributed by atoms with Crippen molar-refractivity contribution in [3.8, 4) is 5.75 Å². The molecule has 8 heteroatoms. The lowest BCUT2D eigenvalue weighted by molar-refractivity contribution is -0.123. The van der Waals surface area contributed by atoms with E-state index < -0.39 is 0 Å². The molecular weight excluding hydrogens is 377 g/mol. The van der Waals surface area contributed by atoms with Crippen LogP contribution < -0.4 is 16.2 Å². The lowest BCUT2D eigenvalue weighted by Gasteiger charge is -2.30. The van der Waals surface area contributed by atoms with Crippen molar-refractivity contribution < 1.29 is 14.3 Å². The smallest absolute Gasteiger partial charge is 0.220 e. The van der Waals surface area contributed by atoms with Gasteiger partial charge in [-0.25, -0.2) is 0 Å². The first-order chi connectivity index (χ1) is 11.9. The van der Waals surface area contributed by atoms with Crippen molar-refractivity contribution in [1.29, 1.82) is 0 Å². The topological polar surface area (TPSA) is 98.7 Å². The summed E-state index contributed by atoms with van der Waals surface area (Å²) in [7, 11) is 1.55. The highest BCUT2D eigenvalue weighted by atomic mass is 35.5. The molecule has 6 nitrogen and oxygen atoms in total. The van der Waals surface area contributed by atoms with E-state index in [-0.39, 0.29) is 36.4 Å². The van der Waals surface area contributed by atoms with Crippen molar-refractivity contribution in [3.63, 3.8) is 0 Å². The minimum absolute atomic E-state index is 0. The first kappa shape index (κ1) is 22.5. The summed E-state index contributed by atoms with van der Waals surface area (Å²) < 4.78 is 5.27. The summed E-state index contributed by atoms with van der Waals surface area (Å²) in [5, 5.41) is 0.431. The molecule has 1 aromatic rings. The number of piperidine rings is 1. The molecule has 2 rings (SSSR count). The van der Waals surface area contributed by atoms with Gasteiger partial charge in [0.05, 0.1) is 17.8 Å². The number of ketones is 1. The Bertz CT molecular complexity index is 632. The van der Waals surface area contributed by atoms with Crippen LogP contribution in [-0.2, 0) is 16.0 Å². The molecule has 0 spiro atoms. The number of likely N-dealkylation sites (tertiary alicyclic amines) is 1. The number of rotatable bonds is 8. The first-order valence-electron chi connectivity index (χ1n) is 8.56. The maximum Gasteiger partial charge on any atom is 0.220 e. The largest absolute Gasteiger partial charge is 0.496 e. The zero-order chi connectivity index (χ0) is 18.4. The number of nitrogens with zero attached hydrogens (tertiary/aromatic N) is 1. The Morgan fingerprint density at radius 2 is 1.96 bits per heavy atom. The van der Waals surface area contributed by atoms with Crippen LogP contribution in [0.4, 0.5) is 5.69 Å². The van der Waals surface area contributed by atoms with E-state index in [1.54, 1.807) is 19.2 Å². The standard InChI is InChI=1S/C18H26ClN3O3.ClH/c1-25-17-11-16(20)15(19)10-13(17)9-14(23)3-2-6-22-7-4-12(5-8-22)18(21)24;/h10-12H,2-9,20H2,1H3,(H2,21,24);1H. The minimum Gasteiger partial charge on any atom is -0.496 e. The molecule has 1 aliphatic rings. The van der Waals surface area contributed by atoms with E-state index in [0.29, 0.717) is 22.9 Å². The molecule has 0 bridgehead atoms. The third-order valence-electron chi connectivity index (χ3n) is 4.71. The number of anilines is 1. The Morgan fingerprint density at radius 1 is 1.31 bits per heavy atom. The zero-order valence-corrected chi connectivity index (χ0v) is 16.6. The fourth-order valence-electron chi connectivity index (χ4n) is 3.18. The normalized spacial score (nSPS) is 15.3. The van der Waals surface area contributed by atoms with E-state index in [1.807, 2.05) is 0 Å². The van der Waals surface area contributed by atoms with E-state index >= 15 is 0 Å². The number of benzene rings is 1. The summed E-state index contributed by atoms with van der Waals surface area (Å²) in [5.74, 6) is 0.529. The number of nitrogen functional groups attached to an aromatic ring is 1. The van der Waals surface area contributed by atoms with E-state index in [2.05, 4.69) is 4.90 Å². The summed E-state index contributed by atoms with van der Waals surface area (Å²) in [5.41, 5.74) is 12.3. The number of amides is 1. The highest BCUT2D eigenvalue weighted by Crippen LogP contribution is 2.29. The fraction of sp³-hybridized carbons (Fsp3) is 0.556. The molecule has 1 amide bonds. The molecular formula is C18H27Cl2N3O3. The number of methoxy groups -OCH3 is 1. The van der Waals surface area contributed by atoms with Crippen LogP contribution in [0.5, 0.6) is 5.75 Å². The van der Waals surface area contributed by atoms with E-state index in [9.17, 15) is 9.59 Å². The molecule has 0 saturated carbocycles. The predicted octanol–water partition coefficient (Wildman–Crippen LogP) is 2.44. The van der Waals surface area contributed by atoms with Gasteiger partial charge in [-0.15, -0.1) is 12.4 Å². The van der Waals surface area contributed by atoms with Crippen LogP contribution in [0.25, 0.3) is 0 Å². The van der Waals surface area contributed by atoms with Crippen LogP contribution in [0.1, 0.15) is 31.2 Å². The van der Waals surface area contributed by atoms with Gasteiger partial charge in [0.2, 0.25) is 5.91 Å². The molecule has 26 heavy (non-hydrogen) atoms. The molecule has 1 fully saturated rings. The van der Waals surface area contributed by atoms with E-state index in [1.165, 1.54) is 0 Å². The number of primary amides is 1. The zero-order valence-electron chi connectivity index (χ0n) is 15.0. The molecule has 1 aliphatic heterocycles. The molecule has 1 heterocycles. The van der Waals surface area contributed by atoms with Gasteiger partial charge in [0.1, 0.15) is 11.5 Å². The summed E-state index contributed by atoms with van der Waals surface area (Å²) >= 11 is 6.03. The van der Waals surface area contributed by atoms with Crippen molar-refractivity contribution in [2.75, 3.05) is 32.5 Å². The second-order valence-corrected chi connectivity index (χ2v) is 6.93. The van der Waals surface area contributed by atoms with Crippen LogP contribution in [0.3, 0.4) is 0 Å². The molecule has 0 unspecified atom stereocenters. The first-order valence-corrected chi connectivity index (χ1v) is 8.93. The molecule has 0 radical (unpaired) electrons. The van der Waals surface area contributed by atoms with Crippen LogP contribution >= 0.6 is 24.0 Å². The maximum atomic E-state index is 12.3. The van der Waals surface area contributed by atoms with Gasteiger partial charge in [-0.3, -0.25) is 9.59 Å². The number of nitrogens with two attached hydrogens (primary N) is 2. The highest BCUT2D eigenvalue weighted by Gasteiger charge is 2.22. The number of ether oxygens (including phenoxy) is 1. The Hall–Kier alpha value is -1.50. The maximum absolute atomic E-state index is 12.3. The average Bonchev–Trinajstić information content (AvgIpc) is 2.58. The second-order valence-electron chi connectivity index (χ2n) is 6.52. The van der Waals surface area contributed by atoms with Gasteiger partial charge in [-0.1, -0.05) is 11.6 Å². The molecule has 0 aliphatic carbocycles. The van der Waals surface area contributed by atoms with Crippen molar-refractivity contribution in [2.45, 2.75) is 32.1 Å². The Kier molecular flexibility index (Phi) is 9.19. The molecule has 1 aromatic carbocycles. The van der Waals surface area contributed by atoms with Gasteiger partial charge in [0, 0.05) is 30.4 Å². The quantitative estimate of drug-likeness (QED) is 0.649. The Balaban J connectivity index is 0.00000338. The minimum atomic E-state index is -0.203. The Morgan fingerprint density at radius 3 is 2.54 bits per heavy atom. The average molecular weight is 404 g/mol. The van der Waals surface area contributed by atoms with Gasteiger partial charge in [0.15, 0.2) is 0 Å². The molecule has 4 N–H and O–H groups in total. The van der Waals surface area contributed by atoms with E-state index in [0.717, 1.165) is 44.5 Å². The third-order valence-corrected chi connectivity index (χ3v) is 5.03. The van der Waals surface area contributed by atoms with E-state index in [4.69, 9.17) is 27.8 Å². The van der Waals surface area contributed by atoms with Gasteiger partial charge < -0.3 is 21.1 Å². The summed E-state index contributed by atoms with van der Waals surface area (Å²) in [6.45, 7) is 2.59. The summed E-state index contributed by atoms with van der Waals surface area (Å²) in [6, 6.07) is 3.34. The molecule has 146 valence electrons. The van der Waals surface area contributed by atoms with Crippen molar-refractivity contribution in [1.82, 2.24) is 4.90 Å². The third kappa shape index (κ3) is 6.34. The van der Waals surface area contributed by atoms with Crippen molar-refractivity contribution in [2.24, 2.45) is 11.7 Å². The molecule has 1 saturated heterocycles. The van der Waals surface area contributed by atoms with Gasteiger partial charge in [-0.2, -0.15) is 0 Å².